The average Bonchev–Trinajstić information content (AvgIpc) is 2.16. The fourth-order valence-corrected chi connectivity index (χ4v) is 2.15. The molecule has 2 N–H and O–H groups in total. The van der Waals surface area contributed by atoms with Crippen molar-refractivity contribution in [3.05, 3.63) is 41.2 Å². The van der Waals surface area contributed by atoms with Crippen LogP contribution in [-0.4, -0.2) is 5.54 Å². The lowest BCUT2D eigenvalue weighted by Crippen LogP contribution is -2.34. The van der Waals surface area contributed by atoms with E-state index in [0.29, 0.717) is 0 Å². The van der Waals surface area contributed by atoms with Crippen LogP contribution in [0.2, 0.25) is 0 Å². The lowest BCUT2D eigenvalue weighted by molar-refractivity contribution is 0.602. The molecular weight excluding hydrogens is 189 g/mol. The molecule has 0 amide bonds. The van der Waals surface area contributed by atoms with Crippen molar-refractivity contribution in [3.63, 3.8) is 0 Å². The number of hydrogen-bond donors (Lipinski definition) is 1. The van der Waals surface area contributed by atoms with Crippen LogP contribution in [-0.2, 0) is 6.42 Å². The van der Waals surface area contributed by atoms with E-state index in [1.807, 2.05) is 19.9 Å². The molecular formula is C13H16FN. The summed E-state index contributed by atoms with van der Waals surface area (Å²) in [5, 5.41) is 0. The molecule has 0 saturated heterocycles. The van der Waals surface area contributed by atoms with Crippen LogP contribution in [0.25, 0.3) is 5.57 Å². The normalized spacial score (nSPS) is 15.9. The lowest BCUT2D eigenvalue weighted by atomic mass is 9.81. The summed E-state index contributed by atoms with van der Waals surface area (Å²) < 4.78 is 13.6. The van der Waals surface area contributed by atoms with Crippen molar-refractivity contribution in [2.75, 3.05) is 0 Å². The monoisotopic (exact) mass is 205 g/mol. The van der Waals surface area contributed by atoms with E-state index < -0.39 is 5.54 Å². The molecule has 1 aliphatic carbocycles. The van der Waals surface area contributed by atoms with Crippen LogP contribution < -0.4 is 5.73 Å². The van der Waals surface area contributed by atoms with Gasteiger partial charge in [-0.05, 0) is 49.5 Å². The number of rotatable bonds is 1. The van der Waals surface area contributed by atoms with E-state index in [1.54, 1.807) is 6.07 Å². The first-order chi connectivity index (χ1) is 7.00. The minimum Gasteiger partial charge on any atom is -0.322 e. The third-order valence-electron chi connectivity index (χ3n) is 2.85. The van der Waals surface area contributed by atoms with E-state index in [2.05, 4.69) is 6.08 Å². The van der Waals surface area contributed by atoms with Gasteiger partial charge in [0.15, 0.2) is 0 Å². The van der Waals surface area contributed by atoms with Crippen molar-refractivity contribution < 1.29 is 4.39 Å². The topological polar surface area (TPSA) is 26.0 Å². The Morgan fingerprint density at radius 2 is 2.07 bits per heavy atom. The third-order valence-corrected chi connectivity index (χ3v) is 2.85. The minimum atomic E-state index is -0.400. The summed E-state index contributed by atoms with van der Waals surface area (Å²) in [5.41, 5.74) is 8.54. The molecule has 0 aliphatic heterocycles. The van der Waals surface area contributed by atoms with Crippen molar-refractivity contribution in [2.24, 2.45) is 5.73 Å². The fourth-order valence-electron chi connectivity index (χ4n) is 2.15. The Morgan fingerprint density at radius 1 is 1.33 bits per heavy atom. The van der Waals surface area contributed by atoms with E-state index in [-0.39, 0.29) is 5.82 Å². The molecule has 0 radical (unpaired) electrons. The maximum absolute atomic E-state index is 13.6. The highest BCUT2D eigenvalue weighted by Crippen LogP contribution is 2.33. The maximum Gasteiger partial charge on any atom is 0.127 e. The zero-order valence-corrected chi connectivity index (χ0v) is 9.18. The molecule has 0 heterocycles. The Bertz CT molecular complexity index is 413. The lowest BCUT2D eigenvalue weighted by Gasteiger charge is -2.28. The number of benzene rings is 1. The Hall–Kier alpha value is -1.15. The second-order valence-electron chi connectivity index (χ2n) is 4.64. The van der Waals surface area contributed by atoms with Crippen LogP contribution in [0.4, 0.5) is 4.39 Å². The van der Waals surface area contributed by atoms with Crippen molar-refractivity contribution in [2.45, 2.75) is 32.2 Å². The number of halogens is 1. The van der Waals surface area contributed by atoms with Crippen LogP contribution in [0.15, 0.2) is 24.3 Å². The predicted molar refractivity (Wildman–Crippen MR) is 61.0 cm³/mol. The summed E-state index contributed by atoms with van der Waals surface area (Å²) in [6.45, 7) is 3.91. The molecule has 1 aromatic rings. The Labute approximate surface area is 89.8 Å². The fraction of sp³-hybridized carbons (Fsp3) is 0.385. The average molecular weight is 205 g/mol. The first-order valence-electron chi connectivity index (χ1n) is 5.27. The minimum absolute atomic E-state index is 0.109. The van der Waals surface area contributed by atoms with Gasteiger partial charge in [0.2, 0.25) is 0 Å². The van der Waals surface area contributed by atoms with Crippen molar-refractivity contribution >= 4 is 5.57 Å². The predicted octanol–water partition coefficient (Wildman–Crippen LogP) is 2.89. The summed E-state index contributed by atoms with van der Waals surface area (Å²) >= 11 is 0. The van der Waals surface area contributed by atoms with Crippen LogP contribution >= 0.6 is 0 Å². The van der Waals surface area contributed by atoms with Crippen molar-refractivity contribution in [1.82, 2.24) is 0 Å². The van der Waals surface area contributed by atoms with Gasteiger partial charge in [-0.25, -0.2) is 4.39 Å². The van der Waals surface area contributed by atoms with Gasteiger partial charge in [0, 0.05) is 5.54 Å². The highest BCUT2D eigenvalue weighted by Gasteiger charge is 2.24. The van der Waals surface area contributed by atoms with Crippen LogP contribution in [0.1, 0.15) is 31.4 Å². The van der Waals surface area contributed by atoms with Crippen LogP contribution in [0.3, 0.4) is 0 Å². The largest absolute Gasteiger partial charge is 0.322 e. The molecule has 2 rings (SSSR count). The van der Waals surface area contributed by atoms with Gasteiger partial charge >= 0.3 is 0 Å². The Morgan fingerprint density at radius 3 is 2.73 bits per heavy atom. The van der Waals surface area contributed by atoms with E-state index in [0.717, 1.165) is 29.5 Å². The van der Waals surface area contributed by atoms with E-state index in [9.17, 15) is 4.39 Å². The van der Waals surface area contributed by atoms with Crippen molar-refractivity contribution in [1.29, 1.82) is 0 Å². The molecule has 15 heavy (non-hydrogen) atoms. The number of hydrogen-bond acceptors (Lipinski definition) is 1. The third kappa shape index (κ3) is 1.82. The van der Waals surface area contributed by atoms with Gasteiger partial charge in [0.05, 0.1) is 0 Å². The quantitative estimate of drug-likeness (QED) is 0.749. The molecule has 1 aliphatic rings. The molecule has 0 spiro atoms. The summed E-state index contributed by atoms with van der Waals surface area (Å²) in [7, 11) is 0. The SMILES string of the molecule is CC(C)(N)C1=CCCc2c(F)cccc21. The second-order valence-corrected chi connectivity index (χ2v) is 4.64. The maximum atomic E-state index is 13.6. The standard InChI is InChI=1S/C13H16FN/c1-13(2,15)11-7-3-6-10-9(11)5-4-8-12(10)14/h4-5,7-8H,3,6,15H2,1-2H3. The van der Waals surface area contributed by atoms with Crippen LogP contribution in [0, 0.1) is 5.82 Å². The molecule has 0 saturated carbocycles. The molecule has 1 aromatic carbocycles. The zero-order chi connectivity index (χ0) is 11.1. The number of fused-ring (bicyclic) bond motifs is 1. The molecule has 2 heteroatoms. The highest BCUT2D eigenvalue weighted by atomic mass is 19.1. The van der Waals surface area contributed by atoms with Gasteiger partial charge in [0.25, 0.3) is 0 Å². The molecule has 1 nitrogen and oxygen atoms in total. The van der Waals surface area contributed by atoms with E-state index in [4.69, 9.17) is 5.73 Å². The highest BCUT2D eigenvalue weighted by molar-refractivity contribution is 5.76. The summed E-state index contributed by atoms with van der Waals surface area (Å²) in [6, 6.07) is 5.22. The first kappa shape index (κ1) is 10.4. The van der Waals surface area contributed by atoms with Crippen LogP contribution in [0.5, 0.6) is 0 Å². The molecule has 0 fully saturated rings. The Balaban J connectivity index is 2.57. The molecule has 0 aromatic heterocycles. The Kier molecular flexibility index (Phi) is 2.39. The number of nitrogens with two attached hydrogens (primary N) is 1. The van der Waals surface area contributed by atoms with E-state index >= 15 is 0 Å². The van der Waals surface area contributed by atoms with Gasteiger partial charge in [-0.1, -0.05) is 18.2 Å². The molecule has 80 valence electrons. The van der Waals surface area contributed by atoms with Gasteiger partial charge in [-0.3, -0.25) is 0 Å². The zero-order valence-electron chi connectivity index (χ0n) is 9.18. The molecule has 0 bridgehead atoms. The second kappa shape index (κ2) is 3.46. The van der Waals surface area contributed by atoms with Gasteiger partial charge in [-0.2, -0.15) is 0 Å². The number of allylic oxidation sites excluding steroid dienone is 1. The summed E-state index contributed by atoms with van der Waals surface area (Å²) in [5.74, 6) is -0.109. The van der Waals surface area contributed by atoms with Crippen molar-refractivity contribution in [3.8, 4) is 0 Å². The van der Waals surface area contributed by atoms with Gasteiger partial charge in [-0.15, -0.1) is 0 Å². The summed E-state index contributed by atoms with van der Waals surface area (Å²) in [6.07, 6.45) is 3.78. The smallest absolute Gasteiger partial charge is 0.127 e. The molecule has 0 atom stereocenters. The molecule has 0 unspecified atom stereocenters. The van der Waals surface area contributed by atoms with E-state index in [1.165, 1.54) is 6.07 Å². The van der Waals surface area contributed by atoms with Gasteiger partial charge in [0.1, 0.15) is 5.82 Å². The summed E-state index contributed by atoms with van der Waals surface area (Å²) in [4.78, 5) is 0. The van der Waals surface area contributed by atoms with Gasteiger partial charge < -0.3 is 5.73 Å². The first-order valence-corrected chi connectivity index (χ1v) is 5.27.